The van der Waals surface area contributed by atoms with E-state index in [-0.39, 0.29) is 11.3 Å². The molecule has 2 rings (SSSR count). The van der Waals surface area contributed by atoms with Gasteiger partial charge in [-0.3, -0.25) is 4.79 Å². The predicted molar refractivity (Wildman–Crippen MR) is 89.1 cm³/mol. The first-order valence-electron chi connectivity index (χ1n) is 7.22. The molecule has 1 unspecified atom stereocenters. The molecule has 1 N–H and O–H groups in total. The molecular formula is C17H12BrF4NO3. The van der Waals surface area contributed by atoms with Crippen LogP contribution in [-0.2, 0) is 15.7 Å². The lowest BCUT2D eigenvalue weighted by Crippen LogP contribution is -2.30. The third-order valence-electron chi connectivity index (χ3n) is 3.28. The van der Waals surface area contributed by atoms with E-state index >= 15 is 0 Å². The highest BCUT2D eigenvalue weighted by Gasteiger charge is 2.30. The highest BCUT2D eigenvalue weighted by molar-refractivity contribution is 9.10. The number of amides is 1. The number of esters is 1. The van der Waals surface area contributed by atoms with E-state index in [1.807, 2.05) is 0 Å². The summed E-state index contributed by atoms with van der Waals surface area (Å²) in [5, 5.41) is 2.32. The normalized spacial score (nSPS) is 12.4. The summed E-state index contributed by atoms with van der Waals surface area (Å²) < 4.78 is 56.5. The molecule has 0 spiro atoms. The standard InChI is InChI=1S/C17H12BrF4NO3/c1-9(26-16(25)13-7-4-11(18)8-14(13)19)15(24)23-12-5-2-10(3-6-12)17(20,21)22/h2-9H,1H3,(H,23,24). The molecule has 4 nitrogen and oxygen atoms in total. The monoisotopic (exact) mass is 433 g/mol. The molecule has 2 aromatic carbocycles. The van der Waals surface area contributed by atoms with Crippen molar-refractivity contribution in [3.63, 3.8) is 0 Å². The molecule has 138 valence electrons. The van der Waals surface area contributed by atoms with Crippen LogP contribution in [0.3, 0.4) is 0 Å². The molecule has 0 radical (unpaired) electrons. The van der Waals surface area contributed by atoms with E-state index in [1.165, 1.54) is 19.1 Å². The highest BCUT2D eigenvalue weighted by atomic mass is 79.9. The molecule has 1 amide bonds. The molecule has 9 heteroatoms. The first kappa shape index (κ1) is 19.9. The van der Waals surface area contributed by atoms with E-state index in [0.717, 1.165) is 30.3 Å². The van der Waals surface area contributed by atoms with E-state index in [2.05, 4.69) is 21.2 Å². The number of halogens is 5. The molecule has 0 aliphatic rings. The van der Waals surface area contributed by atoms with E-state index in [1.54, 1.807) is 0 Å². The van der Waals surface area contributed by atoms with E-state index in [4.69, 9.17) is 4.74 Å². The number of carbonyl (C=O) groups is 2. The molecule has 0 heterocycles. The average molecular weight is 434 g/mol. The van der Waals surface area contributed by atoms with Crippen LogP contribution in [-0.4, -0.2) is 18.0 Å². The Kier molecular flexibility index (Phi) is 6.01. The Balaban J connectivity index is 2.00. The van der Waals surface area contributed by atoms with E-state index in [9.17, 15) is 27.2 Å². The number of benzene rings is 2. The van der Waals surface area contributed by atoms with Gasteiger partial charge in [0.15, 0.2) is 6.10 Å². The van der Waals surface area contributed by atoms with Crippen LogP contribution in [0.5, 0.6) is 0 Å². The van der Waals surface area contributed by atoms with Crippen LogP contribution < -0.4 is 5.32 Å². The van der Waals surface area contributed by atoms with Gasteiger partial charge in [-0.1, -0.05) is 15.9 Å². The smallest absolute Gasteiger partial charge is 0.416 e. The summed E-state index contributed by atoms with van der Waals surface area (Å²) in [6.07, 6.45) is -5.77. The van der Waals surface area contributed by atoms with Crippen molar-refractivity contribution >= 4 is 33.5 Å². The molecular weight excluding hydrogens is 422 g/mol. The summed E-state index contributed by atoms with van der Waals surface area (Å²) in [5.74, 6) is -2.62. The van der Waals surface area contributed by atoms with Gasteiger partial charge in [-0.05, 0) is 49.4 Å². The summed E-state index contributed by atoms with van der Waals surface area (Å²) in [4.78, 5) is 23.9. The van der Waals surface area contributed by atoms with Gasteiger partial charge in [-0.2, -0.15) is 13.2 Å². The average Bonchev–Trinajstić information content (AvgIpc) is 2.54. The maximum Gasteiger partial charge on any atom is 0.416 e. The zero-order chi connectivity index (χ0) is 19.5. The lowest BCUT2D eigenvalue weighted by molar-refractivity contribution is -0.137. The van der Waals surface area contributed by atoms with Crippen molar-refractivity contribution < 1.29 is 31.9 Å². The second kappa shape index (κ2) is 7.86. The van der Waals surface area contributed by atoms with Gasteiger partial charge in [-0.15, -0.1) is 0 Å². The van der Waals surface area contributed by atoms with Crippen LogP contribution >= 0.6 is 15.9 Å². The van der Waals surface area contributed by atoms with E-state index in [0.29, 0.717) is 4.47 Å². The highest BCUT2D eigenvalue weighted by Crippen LogP contribution is 2.29. The molecule has 26 heavy (non-hydrogen) atoms. The number of ether oxygens (including phenoxy) is 1. The zero-order valence-electron chi connectivity index (χ0n) is 13.2. The maximum atomic E-state index is 13.7. The van der Waals surface area contributed by atoms with Crippen molar-refractivity contribution in [3.05, 3.63) is 63.9 Å². The molecule has 0 aromatic heterocycles. The van der Waals surface area contributed by atoms with Crippen molar-refractivity contribution in [2.75, 3.05) is 5.32 Å². The van der Waals surface area contributed by atoms with Crippen molar-refractivity contribution in [2.24, 2.45) is 0 Å². The Morgan fingerprint density at radius 2 is 1.73 bits per heavy atom. The zero-order valence-corrected chi connectivity index (χ0v) is 14.8. The maximum absolute atomic E-state index is 13.7. The Labute approximate surface area is 154 Å². The van der Waals surface area contributed by atoms with Gasteiger partial charge in [0.1, 0.15) is 5.82 Å². The van der Waals surface area contributed by atoms with Crippen molar-refractivity contribution in [1.29, 1.82) is 0 Å². The number of rotatable bonds is 4. The third-order valence-corrected chi connectivity index (χ3v) is 3.78. The Bertz CT molecular complexity index is 822. The van der Waals surface area contributed by atoms with Gasteiger partial charge in [0.05, 0.1) is 11.1 Å². The fraction of sp³-hybridized carbons (Fsp3) is 0.176. The predicted octanol–water partition coefficient (Wildman–Crippen LogP) is 4.79. The number of anilines is 1. The van der Waals surface area contributed by atoms with Crippen LogP contribution in [0.15, 0.2) is 46.9 Å². The van der Waals surface area contributed by atoms with Crippen molar-refractivity contribution in [1.82, 2.24) is 0 Å². The van der Waals surface area contributed by atoms with Gasteiger partial charge in [0.25, 0.3) is 5.91 Å². The van der Waals surface area contributed by atoms with Gasteiger partial charge in [0.2, 0.25) is 0 Å². The largest absolute Gasteiger partial charge is 0.449 e. The van der Waals surface area contributed by atoms with Gasteiger partial charge >= 0.3 is 12.1 Å². The van der Waals surface area contributed by atoms with Gasteiger partial charge in [0, 0.05) is 10.2 Å². The second-order valence-electron chi connectivity index (χ2n) is 5.24. The SMILES string of the molecule is CC(OC(=O)c1ccc(Br)cc1F)C(=O)Nc1ccc(C(F)(F)F)cc1. The molecule has 0 saturated carbocycles. The summed E-state index contributed by atoms with van der Waals surface area (Å²) in [7, 11) is 0. The molecule has 0 saturated heterocycles. The first-order valence-corrected chi connectivity index (χ1v) is 8.01. The van der Waals surface area contributed by atoms with Crippen LogP contribution in [0.1, 0.15) is 22.8 Å². The van der Waals surface area contributed by atoms with Gasteiger partial charge < -0.3 is 10.1 Å². The Morgan fingerprint density at radius 1 is 1.12 bits per heavy atom. The summed E-state index contributed by atoms with van der Waals surface area (Å²) in [5.41, 5.74) is -1.11. The molecule has 0 fully saturated rings. The summed E-state index contributed by atoms with van der Waals surface area (Å²) in [6.45, 7) is 1.26. The number of nitrogens with one attached hydrogen (secondary N) is 1. The molecule has 0 bridgehead atoms. The Hall–Kier alpha value is -2.42. The van der Waals surface area contributed by atoms with Crippen LogP contribution in [0.2, 0.25) is 0 Å². The summed E-state index contributed by atoms with van der Waals surface area (Å²) >= 11 is 3.05. The quantitative estimate of drug-likeness (QED) is 0.556. The minimum Gasteiger partial charge on any atom is -0.449 e. The lowest BCUT2D eigenvalue weighted by atomic mass is 10.2. The third kappa shape index (κ3) is 5.04. The fourth-order valence-corrected chi connectivity index (χ4v) is 2.25. The lowest BCUT2D eigenvalue weighted by Gasteiger charge is -2.14. The number of hydrogen-bond donors (Lipinski definition) is 1. The first-order chi connectivity index (χ1) is 12.1. The Morgan fingerprint density at radius 3 is 2.27 bits per heavy atom. The topological polar surface area (TPSA) is 55.4 Å². The second-order valence-corrected chi connectivity index (χ2v) is 6.15. The number of carbonyl (C=O) groups excluding carboxylic acids is 2. The van der Waals surface area contributed by atoms with Crippen LogP contribution in [0.25, 0.3) is 0 Å². The molecule has 2 aromatic rings. The van der Waals surface area contributed by atoms with Crippen LogP contribution in [0, 0.1) is 5.82 Å². The van der Waals surface area contributed by atoms with Crippen LogP contribution in [0.4, 0.5) is 23.2 Å². The number of alkyl halides is 3. The number of hydrogen-bond acceptors (Lipinski definition) is 3. The van der Waals surface area contributed by atoms with E-state index < -0.39 is 35.5 Å². The van der Waals surface area contributed by atoms with Gasteiger partial charge in [-0.25, -0.2) is 9.18 Å². The minimum atomic E-state index is -4.49. The minimum absolute atomic E-state index is 0.0979. The fourth-order valence-electron chi connectivity index (χ4n) is 1.92. The molecule has 0 aliphatic heterocycles. The summed E-state index contributed by atoms with van der Waals surface area (Å²) in [6, 6.07) is 7.47. The molecule has 0 aliphatic carbocycles. The van der Waals surface area contributed by atoms with Crippen molar-refractivity contribution in [3.8, 4) is 0 Å². The van der Waals surface area contributed by atoms with Crippen molar-refractivity contribution in [2.45, 2.75) is 19.2 Å². The molecule has 1 atom stereocenters.